The van der Waals surface area contributed by atoms with Crippen LogP contribution in [0.1, 0.15) is 26.7 Å². The van der Waals surface area contributed by atoms with Crippen LogP contribution in [0.25, 0.3) is 0 Å². The van der Waals surface area contributed by atoms with Gasteiger partial charge in [0.2, 0.25) is 0 Å². The zero-order valence-electron chi connectivity index (χ0n) is 11.9. The fourth-order valence-electron chi connectivity index (χ4n) is 2.56. The van der Waals surface area contributed by atoms with Gasteiger partial charge in [-0.3, -0.25) is 0 Å². The molecule has 1 aliphatic heterocycles. The molecule has 4 nitrogen and oxygen atoms in total. The Morgan fingerprint density at radius 2 is 2.05 bits per heavy atom. The normalized spacial score (nSPS) is 18.1. The van der Waals surface area contributed by atoms with Crippen molar-refractivity contribution in [1.29, 1.82) is 0 Å². The van der Waals surface area contributed by atoms with Gasteiger partial charge in [-0.05, 0) is 38.7 Å². The molecule has 1 unspecified atom stereocenters. The second-order valence-corrected chi connectivity index (χ2v) is 6.03. The number of anilines is 2. The number of aliphatic hydroxyl groups excluding tert-OH is 1. The van der Waals surface area contributed by atoms with Crippen LogP contribution in [0.4, 0.5) is 11.6 Å². The molecule has 1 saturated heterocycles. The molecule has 0 bridgehead atoms. The molecule has 2 heterocycles. The van der Waals surface area contributed by atoms with Gasteiger partial charge in [-0.2, -0.15) is 0 Å². The number of nitrogens with one attached hydrogen (secondary N) is 1. The van der Waals surface area contributed by atoms with Crippen LogP contribution in [-0.4, -0.2) is 35.8 Å². The number of pyridine rings is 1. The second kappa shape index (κ2) is 6.83. The van der Waals surface area contributed by atoms with Gasteiger partial charge in [0.05, 0.1) is 16.1 Å². The van der Waals surface area contributed by atoms with Gasteiger partial charge in [-0.25, -0.2) is 4.98 Å². The number of hydrogen-bond donors (Lipinski definition) is 2. The fraction of sp³-hybridized carbons (Fsp3) is 0.643. The quantitative estimate of drug-likeness (QED) is 0.893. The molecule has 0 aliphatic carbocycles. The maximum absolute atomic E-state index is 9.65. The van der Waals surface area contributed by atoms with Crippen molar-refractivity contribution < 1.29 is 5.11 Å². The van der Waals surface area contributed by atoms with Crippen LogP contribution in [0.2, 0.25) is 10.0 Å². The molecule has 1 atom stereocenters. The Bertz CT molecular complexity index is 460. The number of nitrogens with zero attached hydrogens (tertiary/aromatic N) is 2. The van der Waals surface area contributed by atoms with E-state index >= 15 is 0 Å². The van der Waals surface area contributed by atoms with E-state index in [1.165, 1.54) is 0 Å². The van der Waals surface area contributed by atoms with E-state index in [4.69, 9.17) is 23.2 Å². The first-order valence-electron chi connectivity index (χ1n) is 7.05. The topological polar surface area (TPSA) is 48.4 Å². The highest BCUT2D eigenvalue weighted by Crippen LogP contribution is 2.33. The number of aromatic nitrogens is 1. The van der Waals surface area contributed by atoms with Crippen molar-refractivity contribution in [2.24, 2.45) is 5.92 Å². The number of rotatable bonds is 4. The predicted molar refractivity (Wildman–Crippen MR) is 85.0 cm³/mol. The Balaban J connectivity index is 2.15. The smallest absolute Gasteiger partial charge is 0.149 e. The zero-order chi connectivity index (χ0) is 14.7. The summed E-state index contributed by atoms with van der Waals surface area (Å²) in [7, 11) is 0. The van der Waals surface area contributed by atoms with Gasteiger partial charge in [0.25, 0.3) is 0 Å². The van der Waals surface area contributed by atoms with Gasteiger partial charge >= 0.3 is 0 Å². The summed E-state index contributed by atoms with van der Waals surface area (Å²) < 4.78 is 0. The first-order chi connectivity index (χ1) is 9.52. The average molecular weight is 318 g/mol. The lowest BCUT2D eigenvalue weighted by atomic mass is 9.92. The summed E-state index contributed by atoms with van der Waals surface area (Å²) in [4.78, 5) is 6.71. The highest BCUT2D eigenvalue weighted by molar-refractivity contribution is 6.37. The molecule has 2 N–H and O–H groups in total. The summed E-state index contributed by atoms with van der Waals surface area (Å²) in [5.74, 6) is 1.81. The van der Waals surface area contributed by atoms with Crippen molar-refractivity contribution in [2.45, 2.75) is 32.8 Å². The van der Waals surface area contributed by atoms with Crippen LogP contribution in [-0.2, 0) is 0 Å². The monoisotopic (exact) mass is 317 g/mol. The molecule has 112 valence electrons. The molecule has 0 saturated carbocycles. The number of halogens is 2. The molecule has 0 amide bonds. The first kappa shape index (κ1) is 15.7. The third-order valence-corrected chi connectivity index (χ3v) is 4.34. The van der Waals surface area contributed by atoms with E-state index in [-0.39, 0.29) is 6.10 Å². The maximum atomic E-state index is 9.65. The van der Waals surface area contributed by atoms with Crippen molar-refractivity contribution in [2.75, 3.05) is 29.9 Å². The molecular weight excluding hydrogens is 297 g/mol. The Hall–Kier alpha value is -0.710. The maximum Gasteiger partial charge on any atom is 0.149 e. The highest BCUT2D eigenvalue weighted by Gasteiger charge is 2.25. The van der Waals surface area contributed by atoms with E-state index in [1.54, 1.807) is 6.07 Å². The summed E-state index contributed by atoms with van der Waals surface area (Å²) in [5, 5.41) is 13.9. The number of aliphatic hydroxyl groups is 1. The Kier molecular flexibility index (Phi) is 5.35. The molecule has 2 rings (SSSR count). The minimum atomic E-state index is -0.247. The molecule has 1 aromatic rings. The second-order valence-electron chi connectivity index (χ2n) is 5.22. The Labute approximate surface area is 130 Å². The molecule has 1 aromatic heterocycles. The lowest BCUT2D eigenvalue weighted by Gasteiger charge is -2.34. The van der Waals surface area contributed by atoms with Crippen LogP contribution in [0, 0.1) is 5.92 Å². The van der Waals surface area contributed by atoms with E-state index in [0.717, 1.165) is 38.3 Å². The van der Waals surface area contributed by atoms with Gasteiger partial charge in [-0.1, -0.05) is 23.2 Å². The molecule has 0 spiro atoms. The minimum Gasteiger partial charge on any atom is -0.393 e. The highest BCUT2D eigenvalue weighted by atomic mass is 35.5. The summed E-state index contributed by atoms with van der Waals surface area (Å²) in [6.45, 7) is 6.33. The first-order valence-corrected chi connectivity index (χ1v) is 7.81. The Morgan fingerprint density at radius 3 is 2.60 bits per heavy atom. The molecule has 1 aliphatic rings. The Morgan fingerprint density at radius 1 is 1.40 bits per heavy atom. The van der Waals surface area contributed by atoms with Crippen LogP contribution >= 0.6 is 23.2 Å². The van der Waals surface area contributed by atoms with Gasteiger partial charge in [0, 0.05) is 19.6 Å². The van der Waals surface area contributed by atoms with Crippen molar-refractivity contribution >= 4 is 34.8 Å². The van der Waals surface area contributed by atoms with E-state index in [1.807, 2.05) is 13.8 Å². The van der Waals surface area contributed by atoms with Crippen LogP contribution < -0.4 is 10.2 Å². The van der Waals surface area contributed by atoms with E-state index in [2.05, 4.69) is 15.2 Å². The van der Waals surface area contributed by atoms with Crippen LogP contribution in [0.15, 0.2) is 6.07 Å². The molecule has 20 heavy (non-hydrogen) atoms. The van der Waals surface area contributed by atoms with E-state index in [0.29, 0.717) is 21.8 Å². The van der Waals surface area contributed by atoms with Gasteiger partial charge < -0.3 is 15.3 Å². The standard InChI is InChI=1S/C14H21Cl2N3O/c1-3-17-13-11(15)8-12(16)14(18-13)19-6-4-10(5-7-19)9(2)20/h8-10,20H,3-7H2,1-2H3,(H,17,18). The molecule has 1 fully saturated rings. The van der Waals surface area contributed by atoms with Gasteiger partial charge in [0.15, 0.2) is 0 Å². The van der Waals surface area contributed by atoms with E-state index < -0.39 is 0 Å². The third kappa shape index (κ3) is 3.48. The predicted octanol–water partition coefficient (Wildman–Crippen LogP) is 3.42. The largest absolute Gasteiger partial charge is 0.393 e. The van der Waals surface area contributed by atoms with Crippen LogP contribution in [0.5, 0.6) is 0 Å². The van der Waals surface area contributed by atoms with Crippen molar-refractivity contribution in [3.63, 3.8) is 0 Å². The van der Waals surface area contributed by atoms with Crippen molar-refractivity contribution in [3.05, 3.63) is 16.1 Å². The van der Waals surface area contributed by atoms with Crippen molar-refractivity contribution in [1.82, 2.24) is 4.98 Å². The zero-order valence-corrected chi connectivity index (χ0v) is 13.4. The van der Waals surface area contributed by atoms with Crippen LogP contribution in [0.3, 0.4) is 0 Å². The van der Waals surface area contributed by atoms with E-state index in [9.17, 15) is 5.11 Å². The minimum absolute atomic E-state index is 0.247. The van der Waals surface area contributed by atoms with Crippen molar-refractivity contribution in [3.8, 4) is 0 Å². The summed E-state index contributed by atoms with van der Waals surface area (Å²) in [6, 6.07) is 1.74. The summed E-state index contributed by atoms with van der Waals surface area (Å²) >= 11 is 12.4. The lowest BCUT2D eigenvalue weighted by Crippen LogP contribution is -2.37. The number of hydrogen-bond acceptors (Lipinski definition) is 4. The van der Waals surface area contributed by atoms with Gasteiger partial charge in [0.1, 0.15) is 11.6 Å². The average Bonchev–Trinajstić information content (AvgIpc) is 2.42. The summed E-state index contributed by atoms with van der Waals surface area (Å²) in [6.07, 6.45) is 1.66. The molecular formula is C14H21Cl2N3O. The molecule has 0 aromatic carbocycles. The molecule has 6 heteroatoms. The molecule has 0 radical (unpaired) electrons. The number of piperidine rings is 1. The SMILES string of the molecule is CCNc1nc(N2CCC(C(C)O)CC2)c(Cl)cc1Cl. The third-order valence-electron chi connectivity index (χ3n) is 3.78. The fourth-order valence-corrected chi connectivity index (χ4v) is 3.11. The lowest BCUT2D eigenvalue weighted by molar-refractivity contribution is 0.110. The van der Waals surface area contributed by atoms with Gasteiger partial charge in [-0.15, -0.1) is 0 Å². The summed E-state index contributed by atoms with van der Waals surface area (Å²) in [5.41, 5.74) is 0.